The lowest BCUT2D eigenvalue weighted by molar-refractivity contribution is -0.385. The Hall–Kier alpha value is -4.41. The number of nitrogens with zero attached hydrogens (tertiary/aromatic N) is 5. The van der Waals surface area contributed by atoms with Crippen LogP contribution in [-0.4, -0.2) is 61.3 Å². The molecule has 176 valence electrons. The summed E-state index contributed by atoms with van der Waals surface area (Å²) >= 11 is 0. The Morgan fingerprint density at radius 3 is 2.12 bits per heavy atom. The van der Waals surface area contributed by atoms with Crippen molar-refractivity contribution in [2.45, 2.75) is 0 Å². The highest BCUT2D eigenvalue weighted by Crippen LogP contribution is 2.36. The van der Waals surface area contributed by atoms with Gasteiger partial charge in [0, 0.05) is 31.9 Å². The van der Waals surface area contributed by atoms with Crippen LogP contribution in [0.5, 0.6) is 17.4 Å². The molecule has 0 saturated carbocycles. The molecule has 2 heterocycles. The average Bonchev–Trinajstić information content (AvgIpc) is 2.88. The van der Waals surface area contributed by atoms with Crippen LogP contribution < -0.4 is 19.3 Å². The molecule has 2 aromatic carbocycles. The average molecular weight is 465 g/mol. The summed E-state index contributed by atoms with van der Waals surface area (Å²) in [5.74, 6) is 0.626. The summed E-state index contributed by atoms with van der Waals surface area (Å²) in [4.78, 5) is 35.2. The monoisotopic (exact) mass is 465 g/mol. The van der Waals surface area contributed by atoms with Crippen LogP contribution in [0, 0.1) is 10.1 Å². The maximum Gasteiger partial charge on any atom is 0.373 e. The molecule has 1 aliphatic rings. The SMILES string of the molecule is COC(=O)c1ccc(Oc2ncnc(N3CCN(c4ccc(OC)cc4)CC3)c2[N+](=O)[O-])cc1. The summed E-state index contributed by atoms with van der Waals surface area (Å²) in [7, 11) is 2.91. The minimum absolute atomic E-state index is 0.168. The van der Waals surface area contributed by atoms with Crippen molar-refractivity contribution in [3.63, 3.8) is 0 Å². The first-order valence-corrected chi connectivity index (χ1v) is 10.5. The molecule has 0 spiro atoms. The molecule has 1 saturated heterocycles. The van der Waals surface area contributed by atoms with E-state index in [1.807, 2.05) is 29.2 Å². The van der Waals surface area contributed by atoms with Crippen molar-refractivity contribution in [3.8, 4) is 17.4 Å². The molecule has 0 atom stereocenters. The smallest absolute Gasteiger partial charge is 0.373 e. The van der Waals surface area contributed by atoms with Gasteiger partial charge in [0.25, 0.3) is 0 Å². The molecule has 4 rings (SSSR count). The highest BCUT2D eigenvalue weighted by atomic mass is 16.6. The van der Waals surface area contributed by atoms with E-state index in [1.54, 1.807) is 7.11 Å². The molecule has 0 N–H and O–H groups in total. The number of carbonyl (C=O) groups is 1. The zero-order valence-corrected chi connectivity index (χ0v) is 18.7. The molecule has 11 heteroatoms. The van der Waals surface area contributed by atoms with Gasteiger partial charge in [-0.15, -0.1) is 0 Å². The van der Waals surface area contributed by atoms with Crippen LogP contribution in [0.25, 0.3) is 0 Å². The first kappa shape index (κ1) is 22.8. The quantitative estimate of drug-likeness (QED) is 0.292. The molecule has 0 unspecified atom stereocenters. The first-order chi connectivity index (χ1) is 16.5. The summed E-state index contributed by atoms with van der Waals surface area (Å²) in [6, 6.07) is 13.8. The Bertz CT molecular complexity index is 1160. The lowest BCUT2D eigenvalue weighted by atomic mass is 10.2. The highest BCUT2D eigenvalue weighted by molar-refractivity contribution is 5.89. The van der Waals surface area contributed by atoms with Gasteiger partial charge in [0.05, 0.1) is 24.7 Å². The molecule has 0 amide bonds. The number of hydrogen-bond donors (Lipinski definition) is 0. The number of rotatable bonds is 7. The number of aromatic nitrogens is 2. The van der Waals surface area contributed by atoms with Crippen LogP contribution in [0.3, 0.4) is 0 Å². The number of hydrogen-bond acceptors (Lipinski definition) is 10. The van der Waals surface area contributed by atoms with E-state index in [1.165, 1.54) is 37.7 Å². The molecule has 1 fully saturated rings. The molecule has 1 aromatic heterocycles. The van der Waals surface area contributed by atoms with E-state index in [9.17, 15) is 14.9 Å². The minimum Gasteiger partial charge on any atom is -0.497 e. The Labute approximate surface area is 195 Å². The summed E-state index contributed by atoms with van der Waals surface area (Å²) in [6.07, 6.45) is 1.25. The number of methoxy groups -OCH3 is 2. The Morgan fingerprint density at radius 2 is 1.53 bits per heavy atom. The van der Waals surface area contributed by atoms with Gasteiger partial charge in [-0.05, 0) is 48.5 Å². The Morgan fingerprint density at radius 1 is 0.912 bits per heavy atom. The van der Waals surface area contributed by atoms with Crippen LogP contribution in [0.4, 0.5) is 17.2 Å². The number of benzene rings is 2. The van der Waals surface area contributed by atoms with Gasteiger partial charge in [0.1, 0.15) is 17.8 Å². The summed E-state index contributed by atoms with van der Waals surface area (Å²) in [6.45, 7) is 2.41. The van der Waals surface area contributed by atoms with Gasteiger partial charge >= 0.3 is 17.5 Å². The molecule has 3 aromatic rings. The predicted molar refractivity (Wildman–Crippen MR) is 124 cm³/mol. The minimum atomic E-state index is -0.538. The van der Waals surface area contributed by atoms with Crippen molar-refractivity contribution < 1.29 is 23.9 Å². The van der Waals surface area contributed by atoms with Gasteiger partial charge in [-0.1, -0.05) is 0 Å². The fourth-order valence-corrected chi connectivity index (χ4v) is 3.68. The van der Waals surface area contributed by atoms with E-state index >= 15 is 0 Å². The molecule has 0 bridgehead atoms. The van der Waals surface area contributed by atoms with E-state index in [4.69, 9.17) is 9.47 Å². The largest absolute Gasteiger partial charge is 0.497 e. The fourth-order valence-electron chi connectivity index (χ4n) is 3.68. The zero-order valence-electron chi connectivity index (χ0n) is 18.7. The van der Waals surface area contributed by atoms with Crippen molar-refractivity contribution in [1.82, 2.24) is 9.97 Å². The van der Waals surface area contributed by atoms with Crippen molar-refractivity contribution in [2.75, 3.05) is 50.2 Å². The third kappa shape index (κ3) is 4.82. The molecule has 34 heavy (non-hydrogen) atoms. The topological polar surface area (TPSA) is 120 Å². The number of anilines is 2. The third-order valence-electron chi connectivity index (χ3n) is 5.46. The van der Waals surface area contributed by atoms with Crippen molar-refractivity contribution in [2.24, 2.45) is 0 Å². The molecule has 0 aliphatic carbocycles. The first-order valence-electron chi connectivity index (χ1n) is 10.5. The second-order valence-electron chi connectivity index (χ2n) is 7.40. The molecular weight excluding hydrogens is 442 g/mol. The number of carbonyl (C=O) groups excluding carboxylic acids is 1. The fraction of sp³-hybridized carbons (Fsp3) is 0.261. The van der Waals surface area contributed by atoms with Gasteiger partial charge in [0.2, 0.25) is 5.82 Å². The Kier molecular flexibility index (Phi) is 6.72. The molecule has 1 aliphatic heterocycles. The Balaban J connectivity index is 1.51. The van der Waals surface area contributed by atoms with Gasteiger partial charge in [-0.3, -0.25) is 10.1 Å². The van der Waals surface area contributed by atoms with Crippen LogP contribution in [0.15, 0.2) is 54.9 Å². The lowest BCUT2D eigenvalue weighted by Crippen LogP contribution is -2.47. The van der Waals surface area contributed by atoms with Crippen LogP contribution in [0.1, 0.15) is 10.4 Å². The zero-order chi connectivity index (χ0) is 24.1. The van der Waals surface area contributed by atoms with Gasteiger partial charge in [-0.25, -0.2) is 9.78 Å². The standard InChI is InChI=1S/C23H23N5O6/c1-32-18-9-5-17(6-10-18)26-11-13-27(14-12-26)21-20(28(30)31)22(25-15-24-21)34-19-7-3-16(4-8-19)23(29)33-2/h3-10,15H,11-14H2,1-2H3. The number of ether oxygens (including phenoxy) is 3. The number of esters is 1. The van der Waals surface area contributed by atoms with E-state index in [0.29, 0.717) is 37.5 Å². The van der Waals surface area contributed by atoms with Crippen molar-refractivity contribution in [1.29, 1.82) is 0 Å². The molecular formula is C23H23N5O6. The van der Waals surface area contributed by atoms with Crippen molar-refractivity contribution >= 4 is 23.2 Å². The summed E-state index contributed by atoms with van der Waals surface area (Å²) in [5, 5.41) is 11.9. The maximum absolute atomic E-state index is 11.9. The summed E-state index contributed by atoms with van der Waals surface area (Å²) in [5.41, 5.74) is 1.08. The van der Waals surface area contributed by atoms with Crippen LogP contribution in [-0.2, 0) is 4.74 Å². The van der Waals surface area contributed by atoms with E-state index in [-0.39, 0.29) is 17.4 Å². The van der Waals surface area contributed by atoms with Gasteiger partial charge in [-0.2, -0.15) is 4.98 Å². The number of nitro groups is 1. The second-order valence-corrected chi connectivity index (χ2v) is 7.40. The van der Waals surface area contributed by atoms with E-state index in [0.717, 1.165) is 11.4 Å². The molecule has 11 nitrogen and oxygen atoms in total. The summed E-state index contributed by atoms with van der Waals surface area (Å²) < 4.78 is 15.6. The van der Waals surface area contributed by atoms with E-state index < -0.39 is 10.9 Å². The van der Waals surface area contributed by atoms with E-state index in [2.05, 4.69) is 19.6 Å². The maximum atomic E-state index is 11.9. The highest BCUT2D eigenvalue weighted by Gasteiger charge is 2.30. The molecule has 0 radical (unpaired) electrons. The second kappa shape index (κ2) is 10.0. The normalized spacial score (nSPS) is 13.4. The van der Waals surface area contributed by atoms with Gasteiger partial charge in [0.15, 0.2) is 0 Å². The predicted octanol–water partition coefficient (Wildman–Crippen LogP) is 3.30. The lowest BCUT2D eigenvalue weighted by Gasteiger charge is -2.36. The van der Waals surface area contributed by atoms with Crippen LogP contribution >= 0.6 is 0 Å². The van der Waals surface area contributed by atoms with Gasteiger partial charge < -0.3 is 24.0 Å². The van der Waals surface area contributed by atoms with Crippen LogP contribution in [0.2, 0.25) is 0 Å². The number of piperazine rings is 1. The van der Waals surface area contributed by atoms with Crippen molar-refractivity contribution in [3.05, 3.63) is 70.5 Å². The third-order valence-corrected chi connectivity index (χ3v) is 5.46.